The van der Waals surface area contributed by atoms with Gasteiger partial charge in [-0.3, -0.25) is 9.36 Å². The maximum Gasteiger partial charge on any atom is 0.416 e. The number of nitrogens with zero attached hydrogens (tertiary/aromatic N) is 4. The quantitative estimate of drug-likeness (QED) is 0.460. The van der Waals surface area contributed by atoms with Gasteiger partial charge in [0.1, 0.15) is 11.4 Å². The lowest BCUT2D eigenvalue weighted by Gasteiger charge is -2.30. The summed E-state index contributed by atoms with van der Waals surface area (Å²) in [6, 6.07) is 0.0817. The van der Waals surface area contributed by atoms with Crippen LogP contribution in [0.3, 0.4) is 0 Å². The highest BCUT2D eigenvalue weighted by Gasteiger charge is 2.44. The van der Waals surface area contributed by atoms with Crippen LogP contribution in [-0.2, 0) is 13.2 Å². The lowest BCUT2D eigenvalue weighted by molar-refractivity contribution is -0.145. The Bertz CT molecular complexity index is 1400. The first-order valence-electron chi connectivity index (χ1n) is 11.2. The smallest absolute Gasteiger partial charge is 0.416 e. The molecule has 0 saturated carbocycles. The van der Waals surface area contributed by atoms with Gasteiger partial charge in [0, 0.05) is 31.9 Å². The fraction of sp³-hybridized carbons (Fsp3) is 0.391. The number of piperidine rings is 1. The van der Waals surface area contributed by atoms with Crippen LogP contribution in [0.1, 0.15) is 46.8 Å². The predicted octanol–water partition coefficient (Wildman–Crippen LogP) is 4.75. The van der Waals surface area contributed by atoms with E-state index in [9.17, 15) is 41.0 Å². The fourth-order valence-corrected chi connectivity index (χ4v) is 4.32. The molecule has 3 aromatic rings. The van der Waals surface area contributed by atoms with Crippen molar-refractivity contribution in [2.24, 2.45) is 7.05 Å². The molecule has 0 radical (unpaired) electrons. The molecule has 1 saturated heterocycles. The Morgan fingerprint density at radius 1 is 1.11 bits per heavy atom. The van der Waals surface area contributed by atoms with Crippen molar-refractivity contribution in [1.29, 1.82) is 0 Å². The monoisotopic (exact) mass is 529 g/mol. The Hall–Kier alpha value is -3.84. The Balaban J connectivity index is 2.01. The number of fused-ring (bicyclic) bond motifs is 1. The normalized spacial score (nSPS) is 15.6. The molecule has 3 heterocycles. The van der Waals surface area contributed by atoms with Gasteiger partial charge in [-0.2, -0.15) is 26.3 Å². The molecule has 1 aromatic carbocycles. The Morgan fingerprint density at radius 3 is 2.38 bits per heavy atom. The molecule has 2 aromatic heterocycles. The van der Waals surface area contributed by atoms with Crippen molar-refractivity contribution in [1.82, 2.24) is 14.5 Å². The highest BCUT2D eigenvalue weighted by atomic mass is 19.4. The molecule has 0 amide bonds. The number of anilines is 2. The van der Waals surface area contributed by atoms with E-state index in [1.54, 1.807) is 4.90 Å². The number of pyridine rings is 1. The van der Waals surface area contributed by atoms with Crippen LogP contribution in [0.5, 0.6) is 0 Å². The number of rotatable bonds is 5. The van der Waals surface area contributed by atoms with E-state index >= 15 is 0 Å². The molecule has 1 fully saturated rings. The van der Waals surface area contributed by atoms with Gasteiger partial charge >= 0.3 is 18.3 Å². The van der Waals surface area contributed by atoms with Crippen LogP contribution in [0.25, 0.3) is 10.9 Å². The molecular formula is C23H21F6N5O3. The minimum Gasteiger partial charge on any atom is -0.478 e. The van der Waals surface area contributed by atoms with Crippen LogP contribution >= 0.6 is 0 Å². The number of carbonyl (C=O) groups is 1. The predicted molar refractivity (Wildman–Crippen MR) is 122 cm³/mol. The van der Waals surface area contributed by atoms with Crippen molar-refractivity contribution >= 4 is 28.6 Å². The first-order chi connectivity index (χ1) is 17.3. The molecule has 4 rings (SSSR count). The summed E-state index contributed by atoms with van der Waals surface area (Å²) in [6.45, 7) is 0.942. The number of carboxylic acid groups (broad SMARTS) is 1. The van der Waals surface area contributed by atoms with E-state index in [0.717, 1.165) is 36.1 Å². The highest BCUT2D eigenvalue weighted by molar-refractivity contribution is 5.93. The van der Waals surface area contributed by atoms with Crippen LogP contribution < -0.4 is 15.8 Å². The van der Waals surface area contributed by atoms with Crippen LogP contribution in [0.2, 0.25) is 0 Å². The van der Waals surface area contributed by atoms with Crippen molar-refractivity contribution in [3.05, 3.63) is 57.5 Å². The summed E-state index contributed by atoms with van der Waals surface area (Å²) in [6.07, 6.45) is -6.86. The molecule has 1 atom stereocenters. The van der Waals surface area contributed by atoms with E-state index in [1.165, 1.54) is 13.1 Å². The zero-order valence-corrected chi connectivity index (χ0v) is 19.3. The third kappa shape index (κ3) is 5.18. The zero-order chi connectivity index (χ0) is 27.1. The number of aromatic nitrogens is 3. The third-order valence-corrected chi connectivity index (χ3v) is 6.11. The topological polar surface area (TPSA) is 100 Å². The molecule has 0 aliphatic carbocycles. The van der Waals surface area contributed by atoms with Gasteiger partial charge in [-0.05, 0) is 43.5 Å². The molecule has 0 bridgehead atoms. The molecular weight excluding hydrogens is 508 g/mol. The van der Waals surface area contributed by atoms with E-state index in [0.29, 0.717) is 19.2 Å². The summed E-state index contributed by atoms with van der Waals surface area (Å²) in [5, 5.41) is 10.6. The van der Waals surface area contributed by atoms with Crippen molar-refractivity contribution in [2.75, 3.05) is 23.3 Å². The summed E-state index contributed by atoms with van der Waals surface area (Å²) in [5.41, 5.74) is -4.58. The summed E-state index contributed by atoms with van der Waals surface area (Å²) in [7, 11) is 1.30. The summed E-state index contributed by atoms with van der Waals surface area (Å²) < 4.78 is 85.3. The number of benzene rings is 1. The molecule has 0 spiro atoms. The number of hydrogen-bond donors (Lipinski definition) is 2. The lowest BCUT2D eigenvalue weighted by Crippen LogP contribution is -2.36. The highest BCUT2D eigenvalue weighted by Crippen LogP contribution is 2.41. The second-order valence-corrected chi connectivity index (χ2v) is 8.61. The van der Waals surface area contributed by atoms with Crippen LogP contribution in [0, 0.1) is 0 Å². The number of alkyl halides is 6. The molecule has 0 unspecified atom stereocenters. The minimum absolute atomic E-state index is 0.0307. The van der Waals surface area contributed by atoms with E-state index < -0.39 is 63.3 Å². The number of carboxylic acids is 1. The second-order valence-electron chi connectivity index (χ2n) is 8.61. The number of nitrogens with one attached hydrogen (secondary N) is 1. The van der Waals surface area contributed by atoms with E-state index in [2.05, 4.69) is 9.97 Å². The van der Waals surface area contributed by atoms with Crippen LogP contribution in [0.15, 0.2) is 35.3 Å². The average molecular weight is 529 g/mol. The number of hydrogen-bond acceptors (Lipinski definition) is 6. The van der Waals surface area contributed by atoms with Gasteiger partial charge in [-0.1, -0.05) is 0 Å². The Morgan fingerprint density at radius 2 is 1.78 bits per heavy atom. The van der Waals surface area contributed by atoms with Gasteiger partial charge in [-0.25, -0.2) is 14.8 Å². The minimum atomic E-state index is -5.22. The molecule has 2 N–H and O–H groups in total. The SMILES string of the molecule is Cn1c(N2CCCCC2)nc2c([C@H](Nc3ncccc3C(=O)O)C(F)(F)F)cc(C(F)(F)F)cc2c1=O. The molecule has 37 heavy (non-hydrogen) atoms. The van der Waals surface area contributed by atoms with E-state index in [-0.39, 0.29) is 12.0 Å². The van der Waals surface area contributed by atoms with Gasteiger partial charge in [0.15, 0.2) is 6.04 Å². The first kappa shape index (κ1) is 26.2. The average Bonchev–Trinajstić information content (AvgIpc) is 2.83. The second kappa shape index (κ2) is 9.56. The van der Waals surface area contributed by atoms with Crippen molar-refractivity contribution < 1.29 is 36.2 Å². The summed E-state index contributed by atoms with van der Waals surface area (Å²) in [5.74, 6) is -2.27. The van der Waals surface area contributed by atoms with Gasteiger partial charge in [-0.15, -0.1) is 0 Å². The van der Waals surface area contributed by atoms with E-state index in [4.69, 9.17) is 0 Å². The van der Waals surface area contributed by atoms with Gasteiger partial charge < -0.3 is 15.3 Å². The molecule has 8 nitrogen and oxygen atoms in total. The maximum absolute atomic E-state index is 14.4. The summed E-state index contributed by atoms with van der Waals surface area (Å²) in [4.78, 5) is 34.3. The van der Waals surface area contributed by atoms with Crippen molar-refractivity contribution in [2.45, 2.75) is 37.7 Å². The number of halogens is 6. The van der Waals surface area contributed by atoms with Crippen molar-refractivity contribution in [3.63, 3.8) is 0 Å². The lowest BCUT2D eigenvalue weighted by atomic mass is 9.98. The zero-order valence-electron chi connectivity index (χ0n) is 19.3. The van der Waals surface area contributed by atoms with Gasteiger partial charge in [0.05, 0.1) is 16.5 Å². The Kier molecular flexibility index (Phi) is 6.78. The van der Waals surface area contributed by atoms with Crippen molar-refractivity contribution in [3.8, 4) is 0 Å². The largest absolute Gasteiger partial charge is 0.478 e. The van der Waals surface area contributed by atoms with Gasteiger partial charge in [0.2, 0.25) is 5.95 Å². The Labute approximate surface area is 205 Å². The third-order valence-electron chi connectivity index (χ3n) is 6.11. The molecule has 1 aliphatic heterocycles. The standard InChI is InChI=1S/C23H21F6N5O3/c1-33-19(35)15-11-12(22(24,25)26)10-14(16(15)31-21(33)34-8-3-2-4-9-34)17(23(27,28)29)32-18-13(20(36)37)6-5-7-30-18/h5-7,10-11,17H,2-4,8-9H2,1H3,(H,30,32)(H,36,37)/t17-/m0/s1. The van der Waals surface area contributed by atoms with Crippen LogP contribution in [-0.4, -0.2) is 44.9 Å². The number of aromatic carboxylic acids is 1. The maximum atomic E-state index is 14.4. The molecule has 14 heteroatoms. The van der Waals surface area contributed by atoms with Gasteiger partial charge in [0.25, 0.3) is 5.56 Å². The fourth-order valence-electron chi connectivity index (χ4n) is 4.32. The molecule has 198 valence electrons. The molecule has 1 aliphatic rings. The van der Waals surface area contributed by atoms with E-state index in [1.807, 2.05) is 5.32 Å². The summed E-state index contributed by atoms with van der Waals surface area (Å²) >= 11 is 0. The first-order valence-corrected chi connectivity index (χ1v) is 11.2. The van der Waals surface area contributed by atoms with Crippen LogP contribution in [0.4, 0.5) is 38.1 Å².